The lowest BCUT2D eigenvalue weighted by Crippen LogP contribution is -2.16. The molecule has 0 atom stereocenters. The van der Waals surface area contributed by atoms with Crippen LogP contribution in [0.2, 0.25) is 0 Å². The maximum atomic E-state index is 12.9. The van der Waals surface area contributed by atoms with Crippen LogP contribution < -0.4 is 10.1 Å². The lowest BCUT2D eigenvalue weighted by Gasteiger charge is -2.09. The van der Waals surface area contributed by atoms with Crippen LogP contribution in [-0.4, -0.2) is 40.8 Å². The van der Waals surface area contributed by atoms with E-state index in [1.54, 1.807) is 26.1 Å². The summed E-state index contributed by atoms with van der Waals surface area (Å²) in [7, 11) is 0. The van der Waals surface area contributed by atoms with Crippen molar-refractivity contribution in [2.24, 2.45) is 0 Å². The van der Waals surface area contributed by atoms with Crippen LogP contribution in [0, 0.1) is 20.8 Å². The number of nitrogens with one attached hydrogen (secondary N) is 1. The molecule has 9 nitrogen and oxygen atoms in total. The minimum Gasteiger partial charge on any atom is -0.471 e. The number of ether oxygens (including phenoxy) is 3. The largest absolute Gasteiger partial charge is 0.471 e. The molecule has 0 aliphatic rings. The number of thiophene rings is 1. The Morgan fingerprint density at radius 1 is 1.06 bits per heavy atom. The molecule has 1 amide bonds. The van der Waals surface area contributed by atoms with Crippen molar-refractivity contribution >= 4 is 34.2 Å². The molecule has 186 valence electrons. The lowest BCUT2D eigenvalue weighted by atomic mass is 10.1. The van der Waals surface area contributed by atoms with E-state index in [1.807, 2.05) is 39.0 Å². The molecule has 0 unspecified atom stereocenters. The first kappa shape index (κ1) is 26.0. The topological polar surface area (TPSA) is 109 Å². The predicted octanol–water partition coefficient (Wildman–Crippen LogP) is 4.90. The smallest absolute Gasteiger partial charge is 0.348 e. The van der Waals surface area contributed by atoms with E-state index >= 15 is 0 Å². The Kier molecular flexibility index (Phi) is 8.64. The van der Waals surface area contributed by atoms with Gasteiger partial charge in [0.1, 0.15) is 15.6 Å². The van der Waals surface area contributed by atoms with Gasteiger partial charge in [0.25, 0.3) is 5.91 Å². The number of esters is 2. The second kappa shape index (κ2) is 11.7. The molecule has 0 fully saturated rings. The molecule has 0 saturated carbocycles. The van der Waals surface area contributed by atoms with Crippen LogP contribution in [-0.2, 0) is 16.2 Å². The maximum Gasteiger partial charge on any atom is 0.348 e. The van der Waals surface area contributed by atoms with Crippen molar-refractivity contribution in [2.75, 3.05) is 18.5 Å². The number of anilines is 1. The first-order chi connectivity index (χ1) is 16.7. The van der Waals surface area contributed by atoms with Gasteiger partial charge >= 0.3 is 11.9 Å². The van der Waals surface area contributed by atoms with Crippen molar-refractivity contribution in [1.82, 2.24) is 9.78 Å². The highest BCUT2D eigenvalue weighted by Gasteiger charge is 2.28. The number of carbonyl (C=O) groups is 3. The molecule has 35 heavy (non-hydrogen) atoms. The summed E-state index contributed by atoms with van der Waals surface area (Å²) < 4.78 is 17.6. The highest BCUT2D eigenvalue weighted by Crippen LogP contribution is 2.34. The summed E-state index contributed by atoms with van der Waals surface area (Å²) >= 11 is 0.969. The number of aryl methyl sites for hydroxylation is 2. The highest BCUT2D eigenvalue weighted by molar-refractivity contribution is 7.18. The van der Waals surface area contributed by atoms with E-state index < -0.39 is 17.8 Å². The molecule has 0 bridgehead atoms. The lowest BCUT2D eigenvalue weighted by molar-refractivity contribution is 0.0506. The van der Waals surface area contributed by atoms with Crippen LogP contribution in [0.3, 0.4) is 0 Å². The molecule has 0 radical (unpaired) electrons. The third-order valence-corrected chi connectivity index (χ3v) is 6.22. The van der Waals surface area contributed by atoms with Gasteiger partial charge in [-0.2, -0.15) is 5.10 Å². The Bertz CT molecular complexity index is 1230. The summed E-state index contributed by atoms with van der Waals surface area (Å²) in [4.78, 5) is 38.2. The average Bonchev–Trinajstić information content (AvgIpc) is 3.41. The van der Waals surface area contributed by atoms with Gasteiger partial charge in [-0.25, -0.2) is 14.3 Å². The second-order valence-corrected chi connectivity index (χ2v) is 8.87. The number of hydrogen-bond acceptors (Lipinski definition) is 8. The highest BCUT2D eigenvalue weighted by atomic mass is 32.1. The summed E-state index contributed by atoms with van der Waals surface area (Å²) in [6, 6.07) is 7.42. The monoisotopic (exact) mass is 499 g/mol. The van der Waals surface area contributed by atoms with Crippen molar-refractivity contribution < 1.29 is 28.6 Å². The molecule has 1 aromatic carbocycles. The van der Waals surface area contributed by atoms with Gasteiger partial charge in [-0.1, -0.05) is 24.6 Å². The Morgan fingerprint density at radius 3 is 2.51 bits per heavy atom. The van der Waals surface area contributed by atoms with E-state index in [2.05, 4.69) is 10.4 Å². The minimum atomic E-state index is -0.612. The summed E-state index contributed by atoms with van der Waals surface area (Å²) in [5.41, 5.74) is 2.81. The molecule has 0 saturated heterocycles. The summed E-state index contributed by atoms with van der Waals surface area (Å²) in [6.45, 7) is 9.70. The number of carbonyl (C=O) groups excluding carboxylic acids is 3. The molecule has 2 heterocycles. The third kappa shape index (κ3) is 6.27. The van der Waals surface area contributed by atoms with Crippen LogP contribution >= 0.6 is 11.3 Å². The van der Waals surface area contributed by atoms with Crippen molar-refractivity contribution in [3.8, 4) is 5.75 Å². The second-order valence-electron chi connectivity index (χ2n) is 7.85. The fourth-order valence-corrected chi connectivity index (χ4v) is 4.41. The summed E-state index contributed by atoms with van der Waals surface area (Å²) in [5, 5.41) is 7.17. The first-order valence-corrected chi connectivity index (χ1v) is 12.1. The van der Waals surface area contributed by atoms with Gasteiger partial charge in [0.05, 0.1) is 18.8 Å². The molecule has 2 aromatic heterocycles. The van der Waals surface area contributed by atoms with Gasteiger partial charge in [-0.15, -0.1) is 11.3 Å². The van der Waals surface area contributed by atoms with E-state index in [0.29, 0.717) is 12.0 Å². The standard InChI is InChI=1S/C25H29N3O6S/c1-6-12-33-24(30)20-17(5)21(25(31)32-7-2)35-23(20)26-22(29)18-10-11-28(27-18)14-34-19-9-8-15(3)13-16(19)4/h8-11,13H,6-7,12,14H2,1-5H3,(H,26,29). The van der Waals surface area contributed by atoms with E-state index in [4.69, 9.17) is 14.2 Å². The van der Waals surface area contributed by atoms with Crippen LogP contribution in [0.15, 0.2) is 30.5 Å². The number of aromatic nitrogens is 2. The molecule has 0 aliphatic carbocycles. The maximum absolute atomic E-state index is 12.9. The fourth-order valence-electron chi connectivity index (χ4n) is 3.32. The summed E-state index contributed by atoms with van der Waals surface area (Å²) in [6.07, 6.45) is 2.27. The molecule has 3 rings (SSSR count). The zero-order valence-corrected chi connectivity index (χ0v) is 21.3. The third-order valence-electron chi connectivity index (χ3n) is 5.03. The van der Waals surface area contributed by atoms with E-state index in [0.717, 1.165) is 28.2 Å². The number of amides is 1. The van der Waals surface area contributed by atoms with E-state index in [1.165, 1.54) is 4.68 Å². The Morgan fingerprint density at radius 2 is 1.83 bits per heavy atom. The number of rotatable bonds is 10. The van der Waals surface area contributed by atoms with Crippen molar-refractivity contribution in [3.63, 3.8) is 0 Å². The first-order valence-electron chi connectivity index (χ1n) is 11.3. The predicted molar refractivity (Wildman–Crippen MR) is 132 cm³/mol. The van der Waals surface area contributed by atoms with Crippen molar-refractivity contribution in [2.45, 2.75) is 47.8 Å². The van der Waals surface area contributed by atoms with Gasteiger partial charge in [0.2, 0.25) is 0 Å². The normalized spacial score (nSPS) is 10.7. The van der Waals surface area contributed by atoms with Crippen LogP contribution in [0.4, 0.5) is 5.00 Å². The van der Waals surface area contributed by atoms with Gasteiger partial charge in [0.15, 0.2) is 12.4 Å². The number of nitrogens with zero attached hydrogens (tertiary/aromatic N) is 2. The number of benzene rings is 1. The van der Waals surface area contributed by atoms with Crippen LogP contribution in [0.25, 0.3) is 0 Å². The minimum absolute atomic E-state index is 0.122. The molecule has 0 aliphatic heterocycles. The van der Waals surface area contributed by atoms with Gasteiger partial charge < -0.3 is 19.5 Å². The van der Waals surface area contributed by atoms with Crippen LogP contribution in [0.5, 0.6) is 5.75 Å². The molecule has 1 N–H and O–H groups in total. The average molecular weight is 500 g/mol. The number of hydrogen-bond donors (Lipinski definition) is 1. The molecule has 10 heteroatoms. The molecular formula is C25H29N3O6S. The van der Waals surface area contributed by atoms with Gasteiger partial charge in [-0.3, -0.25) is 4.79 Å². The quantitative estimate of drug-likeness (QED) is 0.395. The Balaban J connectivity index is 1.77. The fraction of sp³-hybridized carbons (Fsp3) is 0.360. The van der Waals surface area contributed by atoms with Gasteiger partial charge in [0, 0.05) is 6.20 Å². The molecule has 0 spiro atoms. The Hall–Kier alpha value is -3.66. The van der Waals surface area contributed by atoms with Crippen molar-refractivity contribution in [3.05, 3.63) is 63.3 Å². The zero-order valence-electron chi connectivity index (χ0n) is 20.5. The molecular weight excluding hydrogens is 470 g/mol. The van der Waals surface area contributed by atoms with Crippen molar-refractivity contribution in [1.29, 1.82) is 0 Å². The summed E-state index contributed by atoms with van der Waals surface area (Å²) in [5.74, 6) is -0.976. The van der Waals surface area contributed by atoms with E-state index in [9.17, 15) is 14.4 Å². The SMILES string of the molecule is CCCOC(=O)c1c(NC(=O)c2ccn(COc3ccc(C)cc3C)n2)sc(C(=O)OCC)c1C. The van der Waals surface area contributed by atoms with E-state index in [-0.39, 0.29) is 41.1 Å². The Labute approximate surface area is 208 Å². The van der Waals surface area contributed by atoms with Gasteiger partial charge in [-0.05, 0) is 57.4 Å². The van der Waals surface area contributed by atoms with Crippen LogP contribution in [0.1, 0.15) is 67.5 Å². The zero-order chi connectivity index (χ0) is 25.5. The molecule has 3 aromatic rings.